The molecular formula is C17H23NO4. The Hall–Kier alpha value is -1.88. The second kappa shape index (κ2) is 6.48. The van der Waals surface area contributed by atoms with Crippen LogP contribution in [0.4, 0.5) is 0 Å². The van der Waals surface area contributed by atoms with Crippen LogP contribution in [-0.4, -0.2) is 42.5 Å². The number of Topliss-reactive ketones (excluding diaryl/α,β-unsaturated/α-hetero) is 1. The van der Waals surface area contributed by atoms with E-state index in [1.807, 2.05) is 31.2 Å². The fraction of sp³-hybridized carbons (Fsp3) is 0.529. The number of esters is 1. The van der Waals surface area contributed by atoms with Gasteiger partial charge in [0.15, 0.2) is 0 Å². The van der Waals surface area contributed by atoms with Gasteiger partial charge >= 0.3 is 5.97 Å². The molecule has 2 atom stereocenters. The first-order valence-electron chi connectivity index (χ1n) is 7.40. The summed E-state index contributed by atoms with van der Waals surface area (Å²) in [5, 5.41) is 0. The molecule has 0 bridgehead atoms. The van der Waals surface area contributed by atoms with E-state index in [-0.39, 0.29) is 24.2 Å². The summed E-state index contributed by atoms with van der Waals surface area (Å²) in [7, 11) is 2.99. The van der Waals surface area contributed by atoms with E-state index in [4.69, 9.17) is 9.47 Å². The van der Waals surface area contributed by atoms with Crippen LogP contribution in [0.15, 0.2) is 24.3 Å². The van der Waals surface area contributed by atoms with Crippen molar-refractivity contribution in [2.45, 2.75) is 44.8 Å². The number of nitrogens with zero attached hydrogens (tertiary/aromatic N) is 1. The Balaban J connectivity index is 2.27. The van der Waals surface area contributed by atoms with Gasteiger partial charge in [-0.2, -0.15) is 0 Å². The summed E-state index contributed by atoms with van der Waals surface area (Å²) in [4.78, 5) is 26.2. The number of benzene rings is 1. The van der Waals surface area contributed by atoms with Crippen LogP contribution in [0.1, 0.15) is 32.3 Å². The van der Waals surface area contributed by atoms with E-state index in [1.165, 1.54) is 7.11 Å². The lowest BCUT2D eigenvalue weighted by Crippen LogP contribution is -2.60. The number of hydrogen-bond acceptors (Lipinski definition) is 5. The number of ketones is 1. The maximum atomic E-state index is 12.2. The summed E-state index contributed by atoms with van der Waals surface area (Å²) in [6.45, 7) is 4.35. The Kier molecular flexibility index (Phi) is 4.86. The van der Waals surface area contributed by atoms with Crippen molar-refractivity contribution >= 4 is 11.8 Å². The van der Waals surface area contributed by atoms with Crippen molar-refractivity contribution in [2.24, 2.45) is 0 Å². The molecule has 0 amide bonds. The normalized spacial score (nSPS) is 25.8. The second-order valence-electron chi connectivity index (χ2n) is 6.01. The predicted octanol–water partition coefficient (Wildman–Crippen LogP) is 2.18. The summed E-state index contributed by atoms with van der Waals surface area (Å²) < 4.78 is 10.1. The van der Waals surface area contributed by atoms with E-state index < -0.39 is 5.54 Å². The Morgan fingerprint density at radius 3 is 2.50 bits per heavy atom. The number of methoxy groups -OCH3 is 2. The van der Waals surface area contributed by atoms with E-state index in [0.29, 0.717) is 13.0 Å². The largest absolute Gasteiger partial charge is 0.497 e. The van der Waals surface area contributed by atoms with Gasteiger partial charge in [0.25, 0.3) is 0 Å². The quantitative estimate of drug-likeness (QED) is 0.798. The molecule has 0 N–H and O–H groups in total. The van der Waals surface area contributed by atoms with Crippen LogP contribution in [0.3, 0.4) is 0 Å². The molecule has 0 radical (unpaired) electrons. The van der Waals surface area contributed by atoms with Crippen LogP contribution < -0.4 is 4.74 Å². The minimum atomic E-state index is -0.913. The number of hydrogen-bond donors (Lipinski definition) is 0. The zero-order valence-corrected chi connectivity index (χ0v) is 13.6. The van der Waals surface area contributed by atoms with Crippen molar-refractivity contribution in [3.8, 4) is 5.75 Å². The zero-order valence-electron chi connectivity index (χ0n) is 13.6. The van der Waals surface area contributed by atoms with Gasteiger partial charge < -0.3 is 9.47 Å². The van der Waals surface area contributed by atoms with E-state index in [9.17, 15) is 9.59 Å². The van der Waals surface area contributed by atoms with Gasteiger partial charge in [-0.25, -0.2) is 0 Å². The minimum Gasteiger partial charge on any atom is -0.497 e. The molecule has 0 saturated carbocycles. The summed E-state index contributed by atoms with van der Waals surface area (Å²) in [6.07, 6.45) is 0.656. The third kappa shape index (κ3) is 3.14. The molecule has 120 valence electrons. The summed E-state index contributed by atoms with van der Waals surface area (Å²) in [5.41, 5.74) is 0.154. The van der Waals surface area contributed by atoms with E-state index in [1.54, 1.807) is 14.0 Å². The molecule has 5 nitrogen and oxygen atoms in total. The zero-order chi connectivity index (χ0) is 16.3. The number of carbonyl (C=O) groups excluding carboxylic acids is 2. The lowest BCUT2D eigenvalue weighted by atomic mass is 9.83. The van der Waals surface area contributed by atoms with Crippen LogP contribution in [0, 0.1) is 0 Å². The van der Waals surface area contributed by atoms with Crippen molar-refractivity contribution in [3.63, 3.8) is 0 Å². The van der Waals surface area contributed by atoms with Gasteiger partial charge in [0, 0.05) is 25.4 Å². The van der Waals surface area contributed by atoms with Crippen molar-refractivity contribution in [2.75, 3.05) is 14.2 Å². The van der Waals surface area contributed by atoms with E-state index in [2.05, 4.69) is 4.90 Å². The Bertz CT molecular complexity index is 554. The fourth-order valence-corrected chi connectivity index (χ4v) is 3.15. The third-order valence-corrected chi connectivity index (χ3v) is 4.37. The first-order valence-corrected chi connectivity index (χ1v) is 7.40. The average Bonchev–Trinajstić information content (AvgIpc) is 2.50. The fourth-order valence-electron chi connectivity index (χ4n) is 3.15. The van der Waals surface area contributed by atoms with Crippen molar-refractivity contribution in [3.05, 3.63) is 29.8 Å². The molecule has 1 heterocycles. The monoisotopic (exact) mass is 305 g/mol. The highest BCUT2D eigenvalue weighted by Gasteiger charge is 2.47. The minimum absolute atomic E-state index is 0.00699. The van der Waals surface area contributed by atoms with Crippen molar-refractivity contribution in [1.82, 2.24) is 4.90 Å². The topological polar surface area (TPSA) is 55.8 Å². The molecule has 0 spiro atoms. The summed E-state index contributed by atoms with van der Waals surface area (Å²) in [6, 6.07) is 7.72. The Morgan fingerprint density at radius 2 is 1.95 bits per heavy atom. The van der Waals surface area contributed by atoms with Gasteiger partial charge in [0.05, 0.1) is 14.2 Å². The Labute approximate surface area is 131 Å². The highest BCUT2D eigenvalue weighted by molar-refractivity contribution is 5.91. The standard InChI is InChI=1S/C17H23NO4/c1-12-9-14(19)10-17(2,16(20)22-4)18(12)11-13-5-7-15(21-3)8-6-13/h5-8,12H,9-11H2,1-4H3/t12-,17-/m0/s1. The highest BCUT2D eigenvalue weighted by Crippen LogP contribution is 2.33. The van der Waals surface area contributed by atoms with Gasteiger partial charge in [-0.15, -0.1) is 0 Å². The molecule has 22 heavy (non-hydrogen) atoms. The van der Waals surface area contributed by atoms with E-state index in [0.717, 1.165) is 11.3 Å². The molecule has 5 heteroatoms. The molecule has 2 rings (SSSR count). The smallest absolute Gasteiger partial charge is 0.326 e. The maximum absolute atomic E-state index is 12.2. The van der Waals surface area contributed by atoms with Gasteiger partial charge in [-0.1, -0.05) is 12.1 Å². The van der Waals surface area contributed by atoms with E-state index >= 15 is 0 Å². The van der Waals surface area contributed by atoms with Crippen LogP contribution in [-0.2, 0) is 20.9 Å². The number of rotatable bonds is 4. The van der Waals surface area contributed by atoms with Gasteiger partial charge in [0.2, 0.25) is 0 Å². The third-order valence-electron chi connectivity index (χ3n) is 4.37. The van der Waals surface area contributed by atoms with Crippen LogP contribution >= 0.6 is 0 Å². The lowest BCUT2D eigenvalue weighted by molar-refractivity contribution is -0.163. The van der Waals surface area contributed by atoms with Crippen LogP contribution in [0.2, 0.25) is 0 Å². The summed E-state index contributed by atoms with van der Waals surface area (Å²) in [5.74, 6) is 0.536. The molecule has 1 fully saturated rings. The molecule has 1 saturated heterocycles. The number of carbonyl (C=O) groups is 2. The first-order chi connectivity index (χ1) is 10.4. The van der Waals surface area contributed by atoms with Crippen molar-refractivity contribution in [1.29, 1.82) is 0 Å². The Morgan fingerprint density at radius 1 is 1.32 bits per heavy atom. The molecule has 0 aliphatic carbocycles. The second-order valence-corrected chi connectivity index (χ2v) is 6.01. The first kappa shape index (κ1) is 16.5. The predicted molar refractivity (Wildman–Crippen MR) is 82.7 cm³/mol. The number of ether oxygens (including phenoxy) is 2. The van der Waals surface area contributed by atoms with Crippen LogP contribution in [0.25, 0.3) is 0 Å². The molecule has 1 aliphatic rings. The highest BCUT2D eigenvalue weighted by atomic mass is 16.5. The number of likely N-dealkylation sites (tertiary alicyclic amines) is 1. The van der Waals surface area contributed by atoms with Gasteiger partial charge in [-0.3, -0.25) is 14.5 Å². The SMILES string of the molecule is COC(=O)[C@]1(C)CC(=O)C[C@H](C)N1Cc1ccc(OC)cc1. The van der Waals surface area contributed by atoms with Crippen molar-refractivity contribution < 1.29 is 19.1 Å². The molecule has 1 aromatic rings. The molecule has 1 aromatic carbocycles. The van der Waals surface area contributed by atoms with Gasteiger partial charge in [0.1, 0.15) is 17.1 Å². The van der Waals surface area contributed by atoms with Crippen LogP contribution in [0.5, 0.6) is 5.75 Å². The molecule has 0 unspecified atom stereocenters. The average molecular weight is 305 g/mol. The van der Waals surface area contributed by atoms with Gasteiger partial charge in [-0.05, 0) is 31.5 Å². The number of piperidine rings is 1. The maximum Gasteiger partial charge on any atom is 0.326 e. The molecule has 0 aromatic heterocycles. The summed E-state index contributed by atoms with van der Waals surface area (Å²) >= 11 is 0. The molecular weight excluding hydrogens is 282 g/mol. The lowest BCUT2D eigenvalue weighted by Gasteiger charge is -2.45. The molecule has 1 aliphatic heterocycles.